The number of nitrogens with one attached hydrogen (secondary N) is 1. The Morgan fingerprint density at radius 3 is 2.66 bits per heavy atom. The first kappa shape index (κ1) is 21.0. The molecule has 0 saturated carbocycles. The van der Waals surface area contributed by atoms with Crippen LogP contribution in [0.4, 0.5) is 5.69 Å². The monoisotopic (exact) mass is 415 g/mol. The summed E-state index contributed by atoms with van der Waals surface area (Å²) in [5.41, 5.74) is 1.16. The SMILES string of the molecule is COc1cccc(N2CCN(C(=NCC(=O)N(C)C)NCc3cccs3)CC2)c1. The molecule has 3 rings (SSSR count). The second kappa shape index (κ2) is 10.2. The topological polar surface area (TPSA) is 60.4 Å². The van der Waals surface area contributed by atoms with Gasteiger partial charge in [0.05, 0.1) is 13.7 Å². The van der Waals surface area contributed by atoms with Crippen LogP contribution in [0, 0.1) is 0 Å². The molecular formula is C21H29N5O2S. The van der Waals surface area contributed by atoms with Crippen molar-refractivity contribution in [3.8, 4) is 5.75 Å². The Labute approximate surface area is 176 Å². The van der Waals surface area contributed by atoms with Crippen LogP contribution in [0.15, 0.2) is 46.8 Å². The van der Waals surface area contributed by atoms with Gasteiger partial charge in [0.25, 0.3) is 0 Å². The molecule has 29 heavy (non-hydrogen) atoms. The molecule has 1 N–H and O–H groups in total. The Balaban J connectivity index is 1.64. The molecule has 1 aliphatic rings. The lowest BCUT2D eigenvalue weighted by Crippen LogP contribution is -2.52. The fourth-order valence-corrected chi connectivity index (χ4v) is 3.76. The van der Waals surface area contributed by atoms with Gasteiger partial charge in [0.2, 0.25) is 5.91 Å². The normalized spacial score (nSPS) is 14.7. The van der Waals surface area contributed by atoms with Crippen LogP contribution in [0.3, 0.4) is 0 Å². The number of amides is 1. The van der Waals surface area contributed by atoms with Crippen LogP contribution in [0.1, 0.15) is 4.88 Å². The average Bonchev–Trinajstić information content (AvgIpc) is 3.27. The predicted molar refractivity (Wildman–Crippen MR) is 119 cm³/mol. The Hall–Kier alpha value is -2.74. The molecule has 1 aliphatic heterocycles. The van der Waals surface area contributed by atoms with Crippen molar-refractivity contribution < 1.29 is 9.53 Å². The van der Waals surface area contributed by atoms with E-state index in [1.807, 2.05) is 18.2 Å². The summed E-state index contributed by atoms with van der Waals surface area (Å²) in [6, 6.07) is 12.3. The maximum Gasteiger partial charge on any atom is 0.243 e. The van der Waals surface area contributed by atoms with E-state index in [4.69, 9.17) is 4.74 Å². The van der Waals surface area contributed by atoms with Crippen LogP contribution in [0.5, 0.6) is 5.75 Å². The second-order valence-electron chi connectivity index (χ2n) is 7.04. The number of aliphatic imine (C=N–C) groups is 1. The molecule has 8 heteroatoms. The molecule has 0 aliphatic carbocycles. The summed E-state index contributed by atoms with van der Waals surface area (Å²) in [6.45, 7) is 4.30. The fraction of sp³-hybridized carbons (Fsp3) is 0.429. The van der Waals surface area contributed by atoms with Crippen molar-refractivity contribution in [3.05, 3.63) is 46.7 Å². The largest absolute Gasteiger partial charge is 0.497 e. The Morgan fingerprint density at radius 1 is 1.21 bits per heavy atom. The van der Waals surface area contributed by atoms with Crippen LogP contribution in [0.2, 0.25) is 0 Å². The van der Waals surface area contributed by atoms with Gasteiger partial charge in [-0.3, -0.25) is 4.79 Å². The maximum absolute atomic E-state index is 12.0. The number of carbonyl (C=O) groups is 1. The minimum Gasteiger partial charge on any atom is -0.497 e. The number of guanidine groups is 1. The predicted octanol–water partition coefficient (Wildman–Crippen LogP) is 2.11. The van der Waals surface area contributed by atoms with Gasteiger partial charge in [0.15, 0.2) is 5.96 Å². The van der Waals surface area contributed by atoms with E-state index in [0.29, 0.717) is 6.54 Å². The average molecular weight is 416 g/mol. The van der Waals surface area contributed by atoms with Crippen LogP contribution in [0.25, 0.3) is 0 Å². The summed E-state index contributed by atoms with van der Waals surface area (Å²) in [6.07, 6.45) is 0. The zero-order chi connectivity index (χ0) is 20.6. The van der Waals surface area contributed by atoms with Gasteiger partial charge in [-0.05, 0) is 23.6 Å². The second-order valence-corrected chi connectivity index (χ2v) is 8.07. The summed E-state index contributed by atoms with van der Waals surface area (Å²) in [5.74, 6) is 1.65. The van der Waals surface area contributed by atoms with Gasteiger partial charge < -0.3 is 24.8 Å². The number of benzene rings is 1. The Morgan fingerprint density at radius 2 is 2.00 bits per heavy atom. The fourth-order valence-electron chi connectivity index (χ4n) is 3.11. The quantitative estimate of drug-likeness (QED) is 0.578. The van der Waals surface area contributed by atoms with E-state index in [0.717, 1.165) is 43.6 Å². The number of nitrogens with zero attached hydrogens (tertiary/aromatic N) is 4. The van der Waals surface area contributed by atoms with Gasteiger partial charge in [-0.1, -0.05) is 12.1 Å². The number of thiophene rings is 1. The lowest BCUT2D eigenvalue weighted by Gasteiger charge is -2.37. The maximum atomic E-state index is 12.0. The summed E-state index contributed by atoms with van der Waals surface area (Å²) in [7, 11) is 5.20. The van der Waals surface area contributed by atoms with Gasteiger partial charge in [0, 0.05) is 56.9 Å². The number of likely N-dealkylation sites (N-methyl/N-ethyl adjacent to an activating group) is 1. The first-order valence-electron chi connectivity index (χ1n) is 9.71. The van der Waals surface area contributed by atoms with Crippen molar-refractivity contribution in [2.24, 2.45) is 4.99 Å². The molecule has 1 aromatic carbocycles. The molecule has 2 aromatic rings. The zero-order valence-electron chi connectivity index (χ0n) is 17.3. The summed E-state index contributed by atoms with van der Waals surface area (Å²) in [4.78, 5) is 24.0. The van der Waals surface area contributed by atoms with Gasteiger partial charge in [-0.25, -0.2) is 4.99 Å². The van der Waals surface area contributed by atoms with Gasteiger partial charge in [-0.2, -0.15) is 0 Å². The van der Waals surface area contributed by atoms with E-state index < -0.39 is 0 Å². The van der Waals surface area contributed by atoms with E-state index in [2.05, 4.69) is 43.7 Å². The minimum atomic E-state index is -0.00422. The molecule has 156 valence electrons. The van der Waals surface area contributed by atoms with Gasteiger partial charge in [-0.15, -0.1) is 11.3 Å². The van der Waals surface area contributed by atoms with Crippen molar-refractivity contribution in [2.75, 3.05) is 58.8 Å². The first-order valence-corrected chi connectivity index (χ1v) is 10.6. The summed E-state index contributed by atoms with van der Waals surface area (Å²) in [5, 5.41) is 5.50. The third kappa shape index (κ3) is 5.87. The molecular weight excluding hydrogens is 386 g/mol. The van der Waals surface area contributed by atoms with E-state index >= 15 is 0 Å². The highest BCUT2D eigenvalue weighted by Gasteiger charge is 2.21. The van der Waals surface area contributed by atoms with Gasteiger partial charge in [0.1, 0.15) is 12.3 Å². The first-order chi connectivity index (χ1) is 14.1. The van der Waals surface area contributed by atoms with Crippen LogP contribution >= 0.6 is 11.3 Å². The Bertz CT molecular complexity index is 814. The summed E-state index contributed by atoms with van der Waals surface area (Å²) >= 11 is 1.71. The van der Waals surface area contributed by atoms with Crippen LogP contribution in [-0.4, -0.2) is 75.6 Å². The molecule has 0 atom stereocenters. The smallest absolute Gasteiger partial charge is 0.243 e. The lowest BCUT2D eigenvalue weighted by atomic mass is 10.2. The van der Waals surface area contributed by atoms with Crippen LogP contribution < -0.4 is 15.0 Å². The van der Waals surface area contributed by atoms with Crippen molar-refractivity contribution in [1.82, 2.24) is 15.1 Å². The molecule has 0 radical (unpaired) electrons. The molecule has 1 saturated heterocycles. The standard InChI is InChI=1S/C21H29N5O2S/c1-24(2)20(27)16-23-21(22-15-19-8-5-13-29-19)26-11-9-25(10-12-26)17-6-4-7-18(14-17)28-3/h4-8,13-14H,9-12,15-16H2,1-3H3,(H,22,23). The van der Waals surface area contributed by atoms with Gasteiger partial charge >= 0.3 is 0 Å². The molecule has 7 nitrogen and oxygen atoms in total. The highest BCUT2D eigenvalue weighted by atomic mass is 32.1. The molecule has 0 spiro atoms. The molecule has 0 unspecified atom stereocenters. The van der Waals surface area contributed by atoms with E-state index in [-0.39, 0.29) is 12.5 Å². The Kier molecular flexibility index (Phi) is 7.35. The van der Waals surface area contributed by atoms with Crippen molar-refractivity contribution in [3.63, 3.8) is 0 Å². The van der Waals surface area contributed by atoms with Crippen molar-refractivity contribution >= 4 is 28.9 Å². The third-order valence-corrected chi connectivity index (χ3v) is 5.74. The zero-order valence-corrected chi connectivity index (χ0v) is 18.1. The van der Waals surface area contributed by atoms with E-state index in [1.165, 1.54) is 4.88 Å². The number of rotatable bonds is 6. The number of hydrogen-bond acceptors (Lipinski definition) is 5. The number of hydrogen-bond donors (Lipinski definition) is 1. The van der Waals surface area contributed by atoms with E-state index in [1.54, 1.807) is 37.4 Å². The number of ether oxygens (including phenoxy) is 1. The highest BCUT2D eigenvalue weighted by molar-refractivity contribution is 7.09. The highest BCUT2D eigenvalue weighted by Crippen LogP contribution is 2.22. The minimum absolute atomic E-state index is 0.00422. The molecule has 1 amide bonds. The van der Waals surface area contributed by atoms with E-state index in [9.17, 15) is 4.79 Å². The number of carbonyl (C=O) groups excluding carboxylic acids is 1. The van der Waals surface area contributed by atoms with Crippen molar-refractivity contribution in [2.45, 2.75) is 6.54 Å². The molecule has 2 heterocycles. The van der Waals surface area contributed by atoms with Crippen molar-refractivity contribution in [1.29, 1.82) is 0 Å². The molecule has 1 aromatic heterocycles. The number of piperazine rings is 1. The molecule has 1 fully saturated rings. The third-order valence-electron chi connectivity index (χ3n) is 4.86. The summed E-state index contributed by atoms with van der Waals surface area (Å²) < 4.78 is 5.34. The molecule has 0 bridgehead atoms. The lowest BCUT2D eigenvalue weighted by molar-refractivity contribution is -0.127. The van der Waals surface area contributed by atoms with Crippen LogP contribution in [-0.2, 0) is 11.3 Å². The number of anilines is 1. The number of methoxy groups -OCH3 is 1.